The molecule has 0 aliphatic carbocycles. The molecule has 0 unspecified atom stereocenters. The molecule has 0 saturated heterocycles. The van der Waals surface area contributed by atoms with Crippen molar-refractivity contribution >= 4 is 27.3 Å². The maximum Gasteiger partial charge on any atom is 0.159 e. The van der Waals surface area contributed by atoms with Crippen LogP contribution in [0.5, 0.6) is 0 Å². The van der Waals surface area contributed by atoms with Crippen LogP contribution in [0, 0.1) is 17.2 Å². The Balaban J connectivity index is 2.44. The lowest BCUT2D eigenvalue weighted by atomic mass is 9.97. The molecule has 0 fully saturated rings. The first-order valence-corrected chi connectivity index (χ1v) is 6.24. The lowest BCUT2D eigenvalue weighted by molar-refractivity contribution is -0.122. The summed E-state index contributed by atoms with van der Waals surface area (Å²) in [5.41, 5.74) is 0.851. The van der Waals surface area contributed by atoms with Crippen molar-refractivity contribution in [2.24, 2.45) is 5.92 Å². The lowest BCUT2D eigenvalue weighted by Crippen LogP contribution is -2.16. The largest absolute Gasteiger partial charge is 0.297 e. The molecular formula is C13H12N2OS. The molecular weight excluding hydrogens is 232 g/mol. The van der Waals surface area contributed by atoms with Crippen LogP contribution in [0.15, 0.2) is 24.3 Å². The maximum absolute atomic E-state index is 11.9. The number of rotatable bonds is 3. The van der Waals surface area contributed by atoms with E-state index < -0.39 is 5.92 Å². The number of hydrogen-bond acceptors (Lipinski definition) is 4. The third-order valence-electron chi connectivity index (χ3n) is 2.54. The fourth-order valence-electron chi connectivity index (χ4n) is 1.59. The number of ketones is 1. The maximum atomic E-state index is 11.9. The SMILES string of the molecule is CC(C)C(=O)[C@H](C#N)c1nc2ccccc2s1. The van der Waals surface area contributed by atoms with Crippen LogP contribution >= 0.6 is 11.3 Å². The van der Waals surface area contributed by atoms with Crippen molar-refractivity contribution in [1.82, 2.24) is 4.98 Å². The molecule has 2 rings (SSSR count). The summed E-state index contributed by atoms with van der Waals surface area (Å²) >= 11 is 1.42. The third-order valence-corrected chi connectivity index (χ3v) is 3.64. The molecule has 86 valence electrons. The Bertz CT molecular complexity index is 562. The summed E-state index contributed by atoms with van der Waals surface area (Å²) in [6.07, 6.45) is 0. The van der Waals surface area contributed by atoms with E-state index in [9.17, 15) is 4.79 Å². The zero-order valence-corrected chi connectivity index (χ0v) is 10.5. The summed E-state index contributed by atoms with van der Waals surface area (Å²) in [7, 11) is 0. The van der Waals surface area contributed by atoms with E-state index in [2.05, 4.69) is 11.1 Å². The van der Waals surface area contributed by atoms with Crippen LogP contribution in [0.4, 0.5) is 0 Å². The van der Waals surface area contributed by atoms with E-state index in [1.54, 1.807) is 13.8 Å². The summed E-state index contributed by atoms with van der Waals surface area (Å²) < 4.78 is 1.01. The van der Waals surface area contributed by atoms with Gasteiger partial charge >= 0.3 is 0 Å². The number of para-hydroxylation sites is 1. The van der Waals surface area contributed by atoms with Crippen LogP contribution in [0.2, 0.25) is 0 Å². The van der Waals surface area contributed by atoms with Crippen LogP contribution < -0.4 is 0 Å². The molecule has 1 atom stereocenters. The molecule has 2 aromatic rings. The Hall–Kier alpha value is -1.73. The molecule has 3 nitrogen and oxygen atoms in total. The van der Waals surface area contributed by atoms with E-state index in [4.69, 9.17) is 5.26 Å². The van der Waals surface area contributed by atoms with Gasteiger partial charge in [0, 0.05) is 5.92 Å². The molecule has 0 saturated carbocycles. The van der Waals surface area contributed by atoms with Crippen molar-refractivity contribution in [2.45, 2.75) is 19.8 Å². The van der Waals surface area contributed by atoms with Crippen molar-refractivity contribution in [2.75, 3.05) is 0 Å². The van der Waals surface area contributed by atoms with Crippen molar-refractivity contribution in [1.29, 1.82) is 5.26 Å². The van der Waals surface area contributed by atoms with Gasteiger partial charge in [-0.05, 0) is 12.1 Å². The summed E-state index contributed by atoms with van der Waals surface area (Å²) in [6, 6.07) is 9.73. The monoisotopic (exact) mass is 244 g/mol. The number of hydrogen-bond donors (Lipinski definition) is 0. The number of carbonyl (C=O) groups excluding carboxylic acids is 1. The van der Waals surface area contributed by atoms with Crippen LogP contribution in [-0.4, -0.2) is 10.8 Å². The van der Waals surface area contributed by atoms with Crippen molar-refractivity contribution in [3.63, 3.8) is 0 Å². The van der Waals surface area contributed by atoms with E-state index in [1.165, 1.54) is 11.3 Å². The number of nitrogens with zero attached hydrogens (tertiary/aromatic N) is 2. The second-order valence-electron chi connectivity index (χ2n) is 4.14. The van der Waals surface area contributed by atoms with E-state index in [-0.39, 0.29) is 11.7 Å². The quantitative estimate of drug-likeness (QED) is 0.833. The van der Waals surface area contributed by atoms with Gasteiger partial charge < -0.3 is 0 Å². The normalized spacial score (nSPS) is 12.6. The van der Waals surface area contributed by atoms with E-state index in [1.807, 2.05) is 24.3 Å². The standard InChI is InChI=1S/C13H12N2OS/c1-8(2)12(16)9(7-14)13-15-10-5-3-4-6-11(10)17-13/h3-6,8-9H,1-2H3/t9-/m0/s1. The second kappa shape index (κ2) is 4.64. The fraction of sp³-hybridized carbons (Fsp3) is 0.308. The number of nitriles is 1. The highest BCUT2D eigenvalue weighted by molar-refractivity contribution is 7.18. The molecule has 1 heterocycles. The molecule has 0 spiro atoms. The summed E-state index contributed by atoms with van der Waals surface area (Å²) in [6.45, 7) is 3.61. The van der Waals surface area contributed by atoms with E-state index in [0.717, 1.165) is 10.2 Å². The average molecular weight is 244 g/mol. The molecule has 1 aromatic heterocycles. The van der Waals surface area contributed by atoms with Crippen molar-refractivity contribution in [3.05, 3.63) is 29.3 Å². The minimum Gasteiger partial charge on any atom is -0.297 e. The number of benzene rings is 1. The Morgan fingerprint density at radius 2 is 2.12 bits per heavy atom. The molecule has 0 radical (unpaired) electrons. The smallest absolute Gasteiger partial charge is 0.159 e. The highest BCUT2D eigenvalue weighted by Crippen LogP contribution is 2.29. The summed E-state index contributed by atoms with van der Waals surface area (Å²) in [5, 5.41) is 9.72. The van der Waals surface area contributed by atoms with Gasteiger partial charge in [-0.3, -0.25) is 4.79 Å². The highest BCUT2D eigenvalue weighted by atomic mass is 32.1. The van der Waals surface area contributed by atoms with E-state index in [0.29, 0.717) is 5.01 Å². The molecule has 0 amide bonds. The minimum atomic E-state index is -0.729. The topological polar surface area (TPSA) is 53.8 Å². The predicted octanol–water partition coefficient (Wildman–Crippen LogP) is 3.13. The molecule has 0 bridgehead atoms. The highest BCUT2D eigenvalue weighted by Gasteiger charge is 2.25. The zero-order valence-electron chi connectivity index (χ0n) is 9.68. The van der Waals surface area contributed by atoms with Gasteiger partial charge in [0.15, 0.2) is 11.7 Å². The Morgan fingerprint density at radius 1 is 1.41 bits per heavy atom. The molecule has 17 heavy (non-hydrogen) atoms. The zero-order chi connectivity index (χ0) is 12.4. The number of fused-ring (bicyclic) bond motifs is 1. The van der Waals surface area contributed by atoms with Crippen LogP contribution in [0.3, 0.4) is 0 Å². The van der Waals surface area contributed by atoms with Crippen LogP contribution in [-0.2, 0) is 4.79 Å². The Kier molecular flexibility index (Phi) is 3.21. The minimum absolute atomic E-state index is 0.0634. The molecule has 0 aliphatic heterocycles. The number of Topliss-reactive ketones (excluding diaryl/α,β-unsaturated/α-hetero) is 1. The number of aromatic nitrogens is 1. The van der Waals surface area contributed by atoms with E-state index >= 15 is 0 Å². The lowest BCUT2D eigenvalue weighted by Gasteiger charge is -2.06. The molecule has 0 aliphatic rings. The predicted molar refractivity (Wildman–Crippen MR) is 67.8 cm³/mol. The van der Waals surface area contributed by atoms with Gasteiger partial charge in [0.2, 0.25) is 0 Å². The first-order chi connectivity index (χ1) is 8.13. The van der Waals surface area contributed by atoms with Gasteiger partial charge in [-0.15, -0.1) is 11.3 Å². The van der Waals surface area contributed by atoms with Crippen LogP contribution in [0.25, 0.3) is 10.2 Å². The third kappa shape index (κ3) is 2.20. The fourth-order valence-corrected chi connectivity index (χ4v) is 2.61. The van der Waals surface area contributed by atoms with Crippen LogP contribution in [0.1, 0.15) is 24.8 Å². The van der Waals surface area contributed by atoms with Gasteiger partial charge in [0.1, 0.15) is 5.01 Å². The van der Waals surface area contributed by atoms with Gasteiger partial charge in [-0.1, -0.05) is 26.0 Å². The first kappa shape index (κ1) is 11.7. The van der Waals surface area contributed by atoms with Gasteiger partial charge in [-0.25, -0.2) is 4.98 Å². The molecule has 1 aromatic carbocycles. The Morgan fingerprint density at radius 3 is 2.71 bits per heavy atom. The number of thiazole rings is 1. The molecule has 0 N–H and O–H groups in total. The second-order valence-corrected chi connectivity index (χ2v) is 5.20. The first-order valence-electron chi connectivity index (χ1n) is 5.42. The van der Waals surface area contributed by atoms with Gasteiger partial charge in [0.25, 0.3) is 0 Å². The van der Waals surface area contributed by atoms with Gasteiger partial charge in [0.05, 0.1) is 16.3 Å². The summed E-state index contributed by atoms with van der Waals surface area (Å²) in [5.74, 6) is -0.939. The number of carbonyl (C=O) groups is 1. The molecule has 4 heteroatoms. The Labute approximate surface area is 104 Å². The van der Waals surface area contributed by atoms with Crippen molar-refractivity contribution < 1.29 is 4.79 Å². The van der Waals surface area contributed by atoms with Gasteiger partial charge in [-0.2, -0.15) is 5.26 Å². The average Bonchev–Trinajstić information content (AvgIpc) is 2.72. The summed E-state index contributed by atoms with van der Waals surface area (Å²) in [4.78, 5) is 16.3. The van der Waals surface area contributed by atoms with Crippen molar-refractivity contribution in [3.8, 4) is 6.07 Å².